The molecule has 1 heterocycles. The standard InChI is InChI=1S/C34H26F10O5/c1-2-3-8-45-21-15-46-32(47-16-21)19-12-26(37)30(27(38)13-19)34(43,44)49-20-5-7-22(25(36)14-20)17-4-6-23(24(35)9-17)18-10-28(39)31(29(40)11-18)48-33(41)42/h4-7,9-14,21,32-33H,2-3,8,15-16H2,1H3. The van der Waals surface area contributed by atoms with E-state index in [4.69, 9.17) is 14.2 Å². The smallest absolute Gasteiger partial charge is 0.429 e. The van der Waals surface area contributed by atoms with Crippen LogP contribution in [0, 0.1) is 34.9 Å². The lowest BCUT2D eigenvalue weighted by atomic mass is 9.99. The molecule has 262 valence electrons. The van der Waals surface area contributed by atoms with Gasteiger partial charge in [0.2, 0.25) is 0 Å². The molecule has 0 aliphatic carbocycles. The Balaban J connectivity index is 1.30. The predicted octanol–water partition coefficient (Wildman–Crippen LogP) is 9.82. The third kappa shape index (κ3) is 8.28. The number of rotatable bonds is 12. The molecule has 0 N–H and O–H groups in total. The summed E-state index contributed by atoms with van der Waals surface area (Å²) in [4.78, 5) is 0. The van der Waals surface area contributed by atoms with Gasteiger partial charge in [-0.05, 0) is 60.0 Å². The lowest BCUT2D eigenvalue weighted by molar-refractivity contribution is -0.230. The highest BCUT2D eigenvalue weighted by atomic mass is 19.3. The zero-order chi connectivity index (χ0) is 35.5. The Bertz CT molecular complexity index is 1750. The van der Waals surface area contributed by atoms with E-state index < -0.39 is 77.1 Å². The third-order valence-corrected chi connectivity index (χ3v) is 7.33. The number of hydrogen-bond acceptors (Lipinski definition) is 5. The van der Waals surface area contributed by atoms with Gasteiger partial charge in [0.1, 0.15) is 40.7 Å². The number of alkyl halides is 4. The minimum absolute atomic E-state index is 0.0478. The highest BCUT2D eigenvalue weighted by Crippen LogP contribution is 2.39. The van der Waals surface area contributed by atoms with Crippen molar-refractivity contribution in [1.82, 2.24) is 0 Å². The van der Waals surface area contributed by atoms with Crippen LogP contribution in [-0.4, -0.2) is 32.5 Å². The van der Waals surface area contributed by atoms with Crippen molar-refractivity contribution in [3.05, 3.63) is 107 Å². The number of hydrogen-bond donors (Lipinski definition) is 0. The van der Waals surface area contributed by atoms with Crippen LogP contribution in [0.2, 0.25) is 0 Å². The summed E-state index contributed by atoms with van der Waals surface area (Å²) in [5.74, 6) is -10.9. The van der Waals surface area contributed by atoms with Crippen LogP contribution >= 0.6 is 0 Å². The molecule has 4 aromatic carbocycles. The van der Waals surface area contributed by atoms with E-state index in [1.54, 1.807) is 0 Å². The summed E-state index contributed by atoms with van der Waals surface area (Å²) in [7, 11) is 0. The zero-order valence-electron chi connectivity index (χ0n) is 25.4. The fourth-order valence-electron chi connectivity index (χ4n) is 5.00. The van der Waals surface area contributed by atoms with Crippen LogP contribution < -0.4 is 9.47 Å². The van der Waals surface area contributed by atoms with Crippen molar-refractivity contribution in [2.45, 2.75) is 44.9 Å². The summed E-state index contributed by atoms with van der Waals surface area (Å²) in [5, 5.41) is 0. The summed E-state index contributed by atoms with van der Waals surface area (Å²) in [6.45, 7) is -0.964. The Morgan fingerprint density at radius 3 is 1.88 bits per heavy atom. The van der Waals surface area contributed by atoms with E-state index in [1.165, 1.54) is 0 Å². The van der Waals surface area contributed by atoms with Gasteiger partial charge in [0.05, 0.1) is 13.2 Å². The molecule has 0 radical (unpaired) electrons. The average Bonchev–Trinajstić information content (AvgIpc) is 3.02. The second kappa shape index (κ2) is 15.0. The van der Waals surface area contributed by atoms with Crippen molar-refractivity contribution >= 4 is 0 Å². The molecule has 15 heteroatoms. The maximum Gasteiger partial charge on any atom is 0.432 e. The molecule has 0 atom stereocenters. The van der Waals surface area contributed by atoms with E-state index in [2.05, 4.69) is 9.47 Å². The Morgan fingerprint density at radius 1 is 0.735 bits per heavy atom. The van der Waals surface area contributed by atoms with Crippen molar-refractivity contribution < 1.29 is 67.6 Å². The van der Waals surface area contributed by atoms with E-state index in [0.717, 1.165) is 43.2 Å². The van der Waals surface area contributed by atoms with Crippen LogP contribution in [0.1, 0.15) is 37.2 Å². The summed E-state index contributed by atoms with van der Waals surface area (Å²) < 4.78 is 168. The average molecular weight is 705 g/mol. The normalized spacial score (nSPS) is 16.7. The van der Waals surface area contributed by atoms with Gasteiger partial charge in [-0.1, -0.05) is 25.5 Å². The van der Waals surface area contributed by atoms with Crippen molar-refractivity contribution in [2.24, 2.45) is 0 Å². The van der Waals surface area contributed by atoms with Gasteiger partial charge in [0.15, 0.2) is 23.7 Å². The van der Waals surface area contributed by atoms with Crippen LogP contribution in [0.3, 0.4) is 0 Å². The SMILES string of the molecule is CCCCOC1COC(c2cc(F)c(C(F)(F)Oc3ccc(-c4ccc(-c5cc(F)c(OC(F)F)c(F)c5)c(F)c4)c(F)c3)c(F)c2)OC1. The van der Waals surface area contributed by atoms with Gasteiger partial charge in [-0.25, -0.2) is 26.3 Å². The second-order valence-corrected chi connectivity index (χ2v) is 10.8. The molecular formula is C34H26F10O5. The molecule has 4 aromatic rings. The Kier molecular flexibility index (Phi) is 11.0. The third-order valence-electron chi connectivity index (χ3n) is 7.33. The first kappa shape index (κ1) is 36.0. The zero-order valence-corrected chi connectivity index (χ0v) is 25.4. The van der Waals surface area contributed by atoms with Gasteiger partial charge in [-0.15, -0.1) is 0 Å². The van der Waals surface area contributed by atoms with Crippen molar-refractivity contribution in [3.8, 4) is 33.8 Å². The van der Waals surface area contributed by atoms with Crippen LogP contribution in [-0.2, 0) is 20.3 Å². The van der Waals surface area contributed by atoms with Crippen LogP contribution in [0.15, 0.2) is 60.7 Å². The lowest BCUT2D eigenvalue weighted by Crippen LogP contribution is -2.34. The van der Waals surface area contributed by atoms with Gasteiger partial charge < -0.3 is 23.7 Å². The first-order valence-corrected chi connectivity index (χ1v) is 14.7. The largest absolute Gasteiger partial charge is 0.432 e. The van der Waals surface area contributed by atoms with Gasteiger partial charge in [0, 0.05) is 29.4 Å². The van der Waals surface area contributed by atoms with Crippen molar-refractivity contribution in [3.63, 3.8) is 0 Å². The maximum absolute atomic E-state index is 15.0. The summed E-state index contributed by atoms with van der Waals surface area (Å²) in [6, 6.07) is 7.51. The van der Waals surface area contributed by atoms with E-state index in [1.807, 2.05) is 6.92 Å². The summed E-state index contributed by atoms with van der Waals surface area (Å²) in [6.07, 6.45) is -4.54. The molecule has 0 saturated carbocycles. The molecule has 0 amide bonds. The second-order valence-electron chi connectivity index (χ2n) is 10.8. The molecule has 0 aromatic heterocycles. The molecular weight excluding hydrogens is 678 g/mol. The van der Waals surface area contributed by atoms with Crippen molar-refractivity contribution in [1.29, 1.82) is 0 Å². The predicted molar refractivity (Wildman–Crippen MR) is 154 cm³/mol. The van der Waals surface area contributed by atoms with Crippen LogP contribution in [0.25, 0.3) is 22.3 Å². The van der Waals surface area contributed by atoms with Gasteiger partial charge >= 0.3 is 12.7 Å². The van der Waals surface area contributed by atoms with Gasteiger partial charge in [-0.2, -0.15) is 17.6 Å². The van der Waals surface area contributed by atoms with E-state index in [0.29, 0.717) is 36.9 Å². The fraction of sp³-hybridized carbons (Fsp3) is 0.294. The Hall–Kier alpha value is -4.34. The number of ether oxygens (including phenoxy) is 5. The summed E-state index contributed by atoms with van der Waals surface area (Å²) >= 11 is 0. The quantitative estimate of drug-likeness (QED) is 0.109. The van der Waals surface area contributed by atoms with Gasteiger partial charge in [-0.3, -0.25) is 0 Å². The van der Waals surface area contributed by atoms with Crippen molar-refractivity contribution in [2.75, 3.05) is 19.8 Å². The van der Waals surface area contributed by atoms with E-state index in [-0.39, 0.29) is 41.0 Å². The van der Waals surface area contributed by atoms with Gasteiger partial charge in [0.25, 0.3) is 0 Å². The lowest BCUT2D eigenvalue weighted by Gasteiger charge is -2.30. The Labute approximate surface area is 272 Å². The molecule has 0 spiro atoms. The molecule has 1 aliphatic heterocycles. The highest BCUT2D eigenvalue weighted by molar-refractivity contribution is 5.72. The summed E-state index contributed by atoms with van der Waals surface area (Å²) in [5.41, 5.74) is -3.21. The first-order chi connectivity index (χ1) is 23.3. The number of unbranched alkanes of at least 4 members (excludes halogenated alkanes) is 1. The topological polar surface area (TPSA) is 46.2 Å². The molecule has 1 saturated heterocycles. The first-order valence-electron chi connectivity index (χ1n) is 14.7. The number of benzene rings is 4. The van der Waals surface area contributed by atoms with E-state index in [9.17, 15) is 30.7 Å². The van der Waals surface area contributed by atoms with Crippen LogP contribution in [0.4, 0.5) is 43.9 Å². The molecule has 1 fully saturated rings. The molecule has 0 bridgehead atoms. The molecule has 0 unspecified atom stereocenters. The molecule has 5 rings (SSSR count). The van der Waals surface area contributed by atoms with Crippen LogP contribution in [0.5, 0.6) is 11.5 Å². The minimum atomic E-state index is -4.62. The van der Waals surface area contributed by atoms with E-state index >= 15 is 13.2 Å². The maximum atomic E-state index is 15.0. The molecule has 49 heavy (non-hydrogen) atoms. The number of halogens is 10. The fourth-order valence-corrected chi connectivity index (χ4v) is 5.00. The molecule has 5 nitrogen and oxygen atoms in total. The molecule has 1 aliphatic rings. The monoisotopic (exact) mass is 704 g/mol. The highest BCUT2D eigenvalue weighted by Gasteiger charge is 2.42. The minimum Gasteiger partial charge on any atom is -0.429 e. The Morgan fingerprint density at radius 2 is 1.31 bits per heavy atom.